The first-order chi connectivity index (χ1) is 12.5. The van der Waals surface area contributed by atoms with Crippen molar-refractivity contribution in [3.8, 4) is 0 Å². The molecule has 2 aromatic carbocycles. The van der Waals surface area contributed by atoms with Crippen molar-refractivity contribution in [3.05, 3.63) is 65.2 Å². The average molecular weight is 356 g/mol. The quantitative estimate of drug-likeness (QED) is 0.795. The predicted octanol–water partition coefficient (Wildman–Crippen LogP) is 2.77. The molecule has 2 atom stereocenters. The molecule has 0 radical (unpaired) electrons. The Balaban J connectivity index is 1.62. The molecule has 6 nitrogen and oxygen atoms in total. The Morgan fingerprint density at radius 3 is 2.58 bits per heavy atom. The van der Waals surface area contributed by atoms with Crippen LogP contribution < -0.4 is 4.90 Å². The molecule has 132 valence electrons. The van der Waals surface area contributed by atoms with Gasteiger partial charge in [-0.2, -0.15) is 5.11 Å². The molecule has 0 N–H and O–H groups in total. The molecule has 0 bridgehead atoms. The van der Waals surface area contributed by atoms with Crippen LogP contribution in [0, 0.1) is 18.6 Å². The Hall–Kier alpha value is -3.16. The van der Waals surface area contributed by atoms with Gasteiger partial charge in [0.15, 0.2) is 23.7 Å². The second kappa shape index (κ2) is 5.98. The molecular weight excluding hydrogens is 342 g/mol. The zero-order valence-corrected chi connectivity index (χ0v) is 13.8. The molecule has 2 heterocycles. The molecule has 26 heavy (non-hydrogen) atoms. The number of halogens is 2. The smallest absolute Gasteiger partial charge is 0.263 e. The lowest BCUT2D eigenvalue weighted by Gasteiger charge is -2.20. The number of carbonyl (C=O) groups excluding carboxylic acids is 2. The Bertz CT molecular complexity index is 947. The van der Waals surface area contributed by atoms with Crippen LogP contribution in [0.5, 0.6) is 0 Å². The summed E-state index contributed by atoms with van der Waals surface area (Å²) in [5.41, 5.74) is 1.97. The Kier molecular flexibility index (Phi) is 3.75. The van der Waals surface area contributed by atoms with Crippen molar-refractivity contribution in [2.75, 3.05) is 4.90 Å². The van der Waals surface area contributed by atoms with Gasteiger partial charge in [-0.3, -0.25) is 14.6 Å². The number of hydrogen-bond donors (Lipinski definition) is 0. The molecule has 4 rings (SSSR count). The van der Waals surface area contributed by atoms with Crippen molar-refractivity contribution in [3.63, 3.8) is 0 Å². The van der Waals surface area contributed by atoms with E-state index in [4.69, 9.17) is 0 Å². The van der Waals surface area contributed by atoms with Crippen molar-refractivity contribution < 1.29 is 18.4 Å². The highest BCUT2D eigenvalue weighted by Gasteiger charge is 2.54. The van der Waals surface area contributed by atoms with E-state index in [-0.39, 0.29) is 5.69 Å². The Morgan fingerprint density at radius 1 is 1.04 bits per heavy atom. The zero-order valence-electron chi connectivity index (χ0n) is 13.8. The molecule has 1 fully saturated rings. The van der Waals surface area contributed by atoms with Gasteiger partial charge in [0.05, 0.1) is 12.2 Å². The van der Waals surface area contributed by atoms with E-state index in [2.05, 4.69) is 10.3 Å². The molecule has 0 aliphatic carbocycles. The molecule has 0 aromatic heterocycles. The summed E-state index contributed by atoms with van der Waals surface area (Å²) in [4.78, 5) is 26.2. The summed E-state index contributed by atoms with van der Waals surface area (Å²) in [6, 6.07) is 8.74. The summed E-state index contributed by atoms with van der Waals surface area (Å²) in [5.74, 6) is -3.32. The van der Waals surface area contributed by atoms with Crippen LogP contribution in [-0.2, 0) is 16.1 Å². The van der Waals surface area contributed by atoms with Crippen LogP contribution in [0.3, 0.4) is 0 Å². The second-order valence-corrected chi connectivity index (χ2v) is 6.29. The van der Waals surface area contributed by atoms with Crippen LogP contribution >= 0.6 is 0 Å². The van der Waals surface area contributed by atoms with Gasteiger partial charge in [0.2, 0.25) is 0 Å². The van der Waals surface area contributed by atoms with E-state index in [0.29, 0.717) is 6.54 Å². The fourth-order valence-corrected chi connectivity index (χ4v) is 3.23. The van der Waals surface area contributed by atoms with E-state index in [0.717, 1.165) is 28.2 Å². The third-order valence-electron chi connectivity index (χ3n) is 4.45. The number of fused-ring (bicyclic) bond motifs is 1. The van der Waals surface area contributed by atoms with Gasteiger partial charge in [0, 0.05) is 6.07 Å². The summed E-state index contributed by atoms with van der Waals surface area (Å²) in [7, 11) is 0. The van der Waals surface area contributed by atoms with Gasteiger partial charge in [-0.25, -0.2) is 13.7 Å². The highest BCUT2D eigenvalue weighted by atomic mass is 19.2. The number of benzene rings is 2. The maximum Gasteiger partial charge on any atom is 0.263 e. The molecule has 2 amide bonds. The summed E-state index contributed by atoms with van der Waals surface area (Å²) in [6.07, 6.45) is 0. The van der Waals surface area contributed by atoms with Gasteiger partial charge in [-0.05, 0) is 24.6 Å². The minimum atomic E-state index is -1.13. The number of imide groups is 1. The van der Waals surface area contributed by atoms with Crippen molar-refractivity contribution in [2.45, 2.75) is 25.6 Å². The van der Waals surface area contributed by atoms with E-state index in [1.165, 1.54) is 11.1 Å². The number of nitrogens with zero attached hydrogens (tertiary/aromatic N) is 4. The molecule has 2 aliphatic rings. The van der Waals surface area contributed by atoms with Crippen molar-refractivity contribution in [1.82, 2.24) is 5.01 Å². The van der Waals surface area contributed by atoms with E-state index in [9.17, 15) is 18.4 Å². The molecule has 2 aromatic rings. The number of rotatable bonds is 3. The normalized spacial score (nSPS) is 21.7. The number of amides is 2. The lowest BCUT2D eigenvalue weighted by Crippen LogP contribution is -2.39. The van der Waals surface area contributed by atoms with E-state index >= 15 is 0 Å². The summed E-state index contributed by atoms with van der Waals surface area (Å²) < 4.78 is 26.6. The van der Waals surface area contributed by atoms with Crippen LogP contribution in [0.1, 0.15) is 11.1 Å². The van der Waals surface area contributed by atoms with Crippen LogP contribution in [0.25, 0.3) is 0 Å². The average Bonchev–Trinajstić information content (AvgIpc) is 3.11. The third kappa shape index (κ3) is 2.54. The molecule has 8 heteroatoms. The first-order valence-electron chi connectivity index (χ1n) is 8.01. The topological polar surface area (TPSA) is 65.3 Å². The van der Waals surface area contributed by atoms with Gasteiger partial charge in [0.25, 0.3) is 11.8 Å². The Labute approximate surface area is 147 Å². The fraction of sp³-hybridized carbons (Fsp3) is 0.222. The standard InChI is InChI=1S/C18H14F2N4O2/c1-10-3-2-4-11(7-10)9-23-16-15(21-22-23)17(25)24(18(16)26)12-5-6-13(19)14(20)8-12/h2-8,15-16H,9H2,1H3/t15-,16+/m1/s1. The number of carbonyl (C=O) groups is 2. The maximum absolute atomic E-state index is 13.5. The summed E-state index contributed by atoms with van der Waals surface area (Å²) in [6.45, 7) is 2.27. The third-order valence-corrected chi connectivity index (χ3v) is 4.45. The predicted molar refractivity (Wildman–Crippen MR) is 88.0 cm³/mol. The van der Waals surface area contributed by atoms with E-state index < -0.39 is 35.5 Å². The summed E-state index contributed by atoms with van der Waals surface area (Å²) in [5, 5.41) is 9.34. The van der Waals surface area contributed by atoms with Crippen molar-refractivity contribution in [2.24, 2.45) is 10.3 Å². The highest BCUT2D eigenvalue weighted by molar-refractivity contribution is 6.25. The first kappa shape index (κ1) is 16.3. The minimum Gasteiger partial charge on any atom is -0.271 e. The number of anilines is 1. The lowest BCUT2D eigenvalue weighted by molar-refractivity contribution is -0.123. The maximum atomic E-state index is 13.5. The van der Waals surface area contributed by atoms with Crippen LogP contribution in [0.15, 0.2) is 52.8 Å². The van der Waals surface area contributed by atoms with E-state index in [1.54, 1.807) is 0 Å². The van der Waals surface area contributed by atoms with Crippen LogP contribution in [0.4, 0.5) is 14.5 Å². The van der Waals surface area contributed by atoms with E-state index in [1.807, 2.05) is 31.2 Å². The molecular formula is C18H14F2N4O2. The zero-order chi connectivity index (χ0) is 18.4. The van der Waals surface area contributed by atoms with Gasteiger partial charge < -0.3 is 0 Å². The van der Waals surface area contributed by atoms with Gasteiger partial charge in [-0.15, -0.1) is 0 Å². The second-order valence-electron chi connectivity index (χ2n) is 6.29. The molecule has 0 saturated carbocycles. The fourth-order valence-electron chi connectivity index (χ4n) is 3.23. The first-order valence-corrected chi connectivity index (χ1v) is 8.01. The van der Waals surface area contributed by atoms with Crippen molar-refractivity contribution >= 4 is 17.5 Å². The van der Waals surface area contributed by atoms with Gasteiger partial charge in [0.1, 0.15) is 0 Å². The van der Waals surface area contributed by atoms with Crippen LogP contribution in [0.2, 0.25) is 0 Å². The minimum absolute atomic E-state index is 0.0148. The Morgan fingerprint density at radius 2 is 1.85 bits per heavy atom. The summed E-state index contributed by atoms with van der Waals surface area (Å²) >= 11 is 0. The lowest BCUT2D eigenvalue weighted by atomic mass is 10.1. The molecule has 0 unspecified atom stereocenters. The monoisotopic (exact) mass is 356 g/mol. The van der Waals surface area contributed by atoms with Crippen LogP contribution in [-0.4, -0.2) is 28.9 Å². The molecule has 2 aliphatic heterocycles. The van der Waals surface area contributed by atoms with Gasteiger partial charge in [-0.1, -0.05) is 35.1 Å². The van der Waals surface area contributed by atoms with Gasteiger partial charge >= 0.3 is 0 Å². The number of aryl methyl sites for hydroxylation is 1. The van der Waals surface area contributed by atoms with Crippen molar-refractivity contribution in [1.29, 1.82) is 0 Å². The highest BCUT2D eigenvalue weighted by Crippen LogP contribution is 2.33. The SMILES string of the molecule is Cc1cccc(CN2N=N[C@H]3C(=O)N(c4ccc(F)c(F)c4)C(=O)[C@H]32)c1. The number of hydrogen-bond acceptors (Lipinski definition) is 5. The molecule has 0 spiro atoms. The molecule has 1 saturated heterocycles. The largest absolute Gasteiger partial charge is 0.271 e.